The molecule has 0 aromatic heterocycles. The summed E-state index contributed by atoms with van der Waals surface area (Å²) >= 11 is 0. The molecule has 0 N–H and O–H groups in total. The summed E-state index contributed by atoms with van der Waals surface area (Å²) < 4.78 is 42.9. The predicted octanol–water partition coefficient (Wildman–Crippen LogP) is 2.73. The van der Waals surface area contributed by atoms with Crippen molar-refractivity contribution in [3.63, 3.8) is 0 Å². The Labute approximate surface area is 158 Å². The van der Waals surface area contributed by atoms with Gasteiger partial charge in [-0.25, -0.2) is 12.8 Å². The second kappa shape index (κ2) is 8.08. The maximum absolute atomic E-state index is 13.5. The molecule has 1 aliphatic heterocycles. The highest BCUT2D eigenvalue weighted by atomic mass is 32.2. The summed E-state index contributed by atoms with van der Waals surface area (Å²) in [6.07, 6.45) is 0.383. The van der Waals surface area contributed by atoms with Crippen LogP contribution in [-0.2, 0) is 21.2 Å². The third kappa shape index (κ3) is 5.07. The van der Waals surface area contributed by atoms with Crippen molar-refractivity contribution in [1.82, 2.24) is 4.90 Å². The van der Waals surface area contributed by atoms with E-state index in [0.717, 1.165) is 5.56 Å². The Morgan fingerprint density at radius 3 is 2.67 bits per heavy atom. The first-order valence-corrected chi connectivity index (χ1v) is 10.6. The number of carbonyl (C=O) groups is 1. The number of benzene rings is 2. The summed E-state index contributed by atoms with van der Waals surface area (Å²) in [5.74, 6) is -0.114. The topological polar surface area (TPSA) is 63.7 Å². The molecule has 1 atom stereocenters. The van der Waals surface area contributed by atoms with Gasteiger partial charge in [0.15, 0.2) is 16.4 Å². The monoisotopic (exact) mass is 391 g/mol. The molecular weight excluding hydrogens is 369 g/mol. The molecule has 0 aliphatic carbocycles. The molecule has 144 valence electrons. The molecule has 1 aliphatic rings. The number of hydrogen-bond donors (Lipinski definition) is 0. The maximum atomic E-state index is 13.5. The summed E-state index contributed by atoms with van der Waals surface area (Å²) in [6, 6.07) is 12.9. The molecule has 0 radical (unpaired) electrons. The molecule has 2 aromatic rings. The largest absolute Gasteiger partial charge is 0.484 e. The number of ether oxygens (including phenoxy) is 1. The molecule has 0 unspecified atom stereocenters. The Bertz CT molecular complexity index is 929. The molecule has 3 rings (SSSR count). The molecule has 0 saturated carbocycles. The van der Waals surface area contributed by atoms with E-state index in [1.54, 1.807) is 18.2 Å². The zero-order valence-electron chi connectivity index (χ0n) is 15.1. The maximum Gasteiger partial charge on any atom is 0.261 e. The Morgan fingerprint density at radius 1 is 1.22 bits per heavy atom. The molecule has 0 bridgehead atoms. The number of hydrogen-bond acceptors (Lipinski definition) is 4. The van der Waals surface area contributed by atoms with Crippen molar-refractivity contribution < 1.29 is 22.3 Å². The zero-order chi connectivity index (χ0) is 19.4. The molecule has 1 fully saturated rings. The van der Waals surface area contributed by atoms with Crippen LogP contribution in [0.5, 0.6) is 5.75 Å². The van der Waals surface area contributed by atoms with E-state index in [2.05, 4.69) is 0 Å². The molecule has 1 amide bonds. The molecule has 27 heavy (non-hydrogen) atoms. The molecular formula is C20H22FNO4S. The molecule has 1 saturated heterocycles. The minimum atomic E-state index is -3.16. The Hall–Kier alpha value is -2.41. The van der Waals surface area contributed by atoms with Gasteiger partial charge in [-0.1, -0.05) is 30.3 Å². The number of nitrogens with zero attached hydrogens (tertiary/aromatic N) is 1. The normalized spacial score (nSPS) is 18.2. The lowest BCUT2D eigenvalue weighted by Crippen LogP contribution is -2.43. The van der Waals surface area contributed by atoms with Gasteiger partial charge in [0.2, 0.25) is 0 Å². The van der Waals surface area contributed by atoms with Crippen molar-refractivity contribution in [2.45, 2.75) is 25.9 Å². The van der Waals surface area contributed by atoms with E-state index < -0.39 is 21.7 Å². The van der Waals surface area contributed by atoms with E-state index >= 15 is 0 Å². The third-order valence-corrected chi connectivity index (χ3v) is 6.41. The van der Waals surface area contributed by atoms with Gasteiger partial charge in [-0.15, -0.1) is 0 Å². The van der Waals surface area contributed by atoms with E-state index in [9.17, 15) is 17.6 Å². The number of sulfone groups is 1. The van der Waals surface area contributed by atoms with E-state index in [0.29, 0.717) is 17.7 Å². The van der Waals surface area contributed by atoms with Crippen LogP contribution in [-0.4, -0.2) is 43.4 Å². The number of halogens is 1. The lowest BCUT2D eigenvalue weighted by atomic mass is 10.1. The van der Waals surface area contributed by atoms with E-state index in [1.165, 1.54) is 17.0 Å². The van der Waals surface area contributed by atoms with Crippen molar-refractivity contribution >= 4 is 15.7 Å². The van der Waals surface area contributed by atoms with Crippen LogP contribution in [0.15, 0.2) is 48.5 Å². The Morgan fingerprint density at radius 2 is 2.00 bits per heavy atom. The van der Waals surface area contributed by atoms with Gasteiger partial charge in [0.25, 0.3) is 5.91 Å². The van der Waals surface area contributed by atoms with Gasteiger partial charge in [0.05, 0.1) is 11.5 Å². The summed E-state index contributed by atoms with van der Waals surface area (Å²) in [5, 5.41) is 0. The first-order chi connectivity index (χ1) is 12.8. The van der Waals surface area contributed by atoms with Crippen LogP contribution < -0.4 is 4.74 Å². The van der Waals surface area contributed by atoms with Gasteiger partial charge < -0.3 is 9.64 Å². The third-order valence-electron chi connectivity index (χ3n) is 4.66. The number of aryl methyl sites for hydroxylation is 1. The first-order valence-electron chi connectivity index (χ1n) is 8.77. The lowest BCUT2D eigenvalue weighted by molar-refractivity contribution is -0.136. The van der Waals surface area contributed by atoms with Gasteiger partial charge in [0, 0.05) is 12.6 Å². The van der Waals surface area contributed by atoms with Crippen LogP contribution in [0.2, 0.25) is 0 Å². The van der Waals surface area contributed by atoms with Gasteiger partial charge in [-0.3, -0.25) is 4.79 Å². The molecule has 0 spiro atoms. The number of para-hydroxylation sites is 1. The quantitative estimate of drug-likeness (QED) is 0.760. The van der Waals surface area contributed by atoms with Gasteiger partial charge in [-0.05, 0) is 42.7 Å². The second-order valence-electron chi connectivity index (χ2n) is 6.76. The fourth-order valence-corrected chi connectivity index (χ4v) is 4.95. The standard InChI is InChI=1S/C20H22FNO4S/c1-15-5-2-3-8-19(15)26-13-20(23)22(18-9-10-27(24,25)14-18)12-16-6-4-7-17(21)11-16/h2-8,11,18H,9-10,12-14H2,1H3/t18-/m0/s1. The summed E-state index contributed by atoms with van der Waals surface area (Å²) in [4.78, 5) is 14.3. The van der Waals surface area contributed by atoms with Crippen LogP contribution >= 0.6 is 0 Å². The van der Waals surface area contributed by atoms with Crippen molar-refractivity contribution in [2.24, 2.45) is 0 Å². The highest BCUT2D eigenvalue weighted by molar-refractivity contribution is 7.91. The Kier molecular flexibility index (Phi) is 5.79. The van der Waals surface area contributed by atoms with Crippen LogP contribution in [0.4, 0.5) is 4.39 Å². The molecule has 1 heterocycles. The van der Waals surface area contributed by atoms with Crippen LogP contribution in [0.25, 0.3) is 0 Å². The number of carbonyl (C=O) groups excluding carboxylic acids is 1. The molecule has 5 nitrogen and oxygen atoms in total. The minimum Gasteiger partial charge on any atom is -0.484 e. The highest BCUT2D eigenvalue weighted by Crippen LogP contribution is 2.22. The van der Waals surface area contributed by atoms with Gasteiger partial charge >= 0.3 is 0 Å². The average Bonchev–Trinajstić information content (AvgIpc) is 2.98. The lowest BCUT2D eigenvalue weighted by Gasteiger charge is -2.28. The van der Waals surface area contributed by atoms with E-state index in [4.69, 9.17) is 4.74 Å². The fourth-order valence-electron chi connectivity index (χ4n) is 3.21. The number of rotatable bonds is 6. The average molecular weight is 391 g/mol. The van der Waals surface area contributed by atoms with Crippen molar-refractivity contribution in [3.05, 3.63) is 65.5 Å². The minimum absolute atomic E-state index is 0.0588. The SMILES string of the molecule is Cc1ccccc1OCC(=O)N(Cc1cccc(F)c1)[C@H]1CCS(=O)(=O)C1. The highest BCUT2D eigenvalue weighted by Gasteiger charge is 2.34. The smallest absolute Gasteiger partial charge is 0.261 e. The fraction of sp³-hybridized carbons (Fsp3) is 0.350. The van der Waals surface area contributed by atoms with Crippen LogP contribution in [0, 0.1) is 12.7 Å². The van der Waals surface area contributed by atoms with Crippen LogP contribution in [0.3, 0.4) is 0 Å². The van der Waals surface area contributed by atoms with E-state index in [-0.39, 0.29) is 30.6 Å². The Balaban J connectivity index is 1.76. The van der Waals surface area contributed by atoms with Gasteiger partial charge in [0.1, 0.15) is 11.6 Å². The molecule has 2 aromatic carbocycles. The van der Waals surface area contributed by atoms with Crippen molar-refractivity contribution in [3.8, 4) is 5.75 Å². The van der Waals surface area contributed by atoms with Crippen LogP contribution in [0.1, 0.15) is 17.5 Å². The number of amides is 1. The summed E-state index contributed by atoms with van der Waals surface area (Å²) in [5.41, 5.74) is 1.52. The van der Waals surface area contributed by atoms with E-state index in [1.807, 2.05) is 25.1 Å². The first kappa shape index (κ1) is 19.4. The molecule has 7 heteroatoms. The van der Waals surface area contributed by atoms with Crippen molar-refractivity contribution in [2.75, 3.05) is 18.1 Å². The predicted molar refractivity (Wildman–Crippen MR) is 101 cm³/mol. The van der Waals surface area contributed by atoms with Crippen molar-refractivity contribution in [1.29, 1.82) is 0 Å². The summed E-state index contributed by atoms with van der Waals surface area (Å²) in [7, 11) is -3.16. The summed E-state index contributed by atoms with van der Waals surface area (Å²) in [6.45, 7) is 1.83. The zero-order valence-corrected chi connectivity index (χ0v) is 15.9. The second-order valence-corrected chi connectivity index (χ2v) is 8.99. The van der Waals surface area contributed by atoms with Gasteiger partial charge in [-0.2, -0.15) is 0 Å².